The zero-order valence-corrected chi connectivity index (χ0v) is 20.9. The van der Waals surface area contributed by atoms with Crippen LogP contribution in [0.1, 0.15) is 56.3 Å². The van der Waals surface area contributed by atoms with Crippen molar-refractivity contribution in [3.63, 3.8) is 0 Å². The molecule has 5 heterocycles. The molecule has 1 aliphatic heterocycles. The zero-order valence-electron chi connectivity index (χ0n) is 20.9. The molecule has 4 aromatic heterocycles. The van der Waals surface area contributed by atoms with Crippen molar-refractivity contribution in [3.8, 4) is 11.8 Å². The highest BCUT2D eigenvalue weighted by molar-refractivity contribution is 5.93. The largest absolute Gasteiger partial charge is 0.356 e. The lowest BCUT2D eigenvalue weighted by Crippen LogP contribution is -2.31. The molecule has 2 atom stereocenters. The van der Waals surface area contributed by atoms with Crippen LogP contribution in [0.4, 0.5) is 4.39 Å². The summed E-state index contributed by atoms with van der Waals surface area (Å²) in [4.78, 5) is 34.3. The Bertz CT molecular complexity index is 1690. The van der Waals surface area contributed by atoms with E-state index in [1.807, 2.05) is 54.8 Å². The lowest BCUT2D eigenvalue weighted by molar-refractivity contribution is 0.0936. The van der Waals surface area contributed by atoms with E-state index in [1.54, 1.807) is 24.8 Å². The molecule has 2 N–H and O–H groups in total. The van der Waals surface area contributed by atoms with Gasteiger partial charge >= 0.3 is 0 Å². The predicted molar refractivity (Wildman–Crippen MR) is 140 cm³/mol. The fourth-order valence-corrected chi connectivity index (χ4v) is 4.74. The number of imidazole rings is 1. The highest BCUT2D eigenvalue weighted by atomic mass is 19.1. The molecule has 0 aliphatic carbocycles. The fourth-order valence-electron chi connectivity index (χ4n) is 4.74. The van der Waals surface area contributed by atoms with Crippen LogP contribution in [0.3, 0.4) is 0 Å². The van der Waals surface area contributed by atoms with Gasteiger partial charge in [0.15, 0.2) is 0 Å². The second-order valence-electron chi connectivity index (χ2n) is 9.40. The van der Waals surface area contributed by atoms with E-state index in [1.165, 1.54) is 0 Å². The van der Waals surface area contributed by atoms with Crippen molar-refractivity contribution in [3.05, 3.63) is 107 Å². The van der Waals surface area contributed by atoms with Crippen LogP contribution in [0.25, 0.3) is 10.9 Å². The molecule has 0 fully saturated rings. The van der Waals surface area contributed by atoms with Crippen LogP contribution in [0.2, 0.25) is 0 Å². The van der Waals surface area contributed by atoms with Crippen LogP contribution in [-0.2, 0) is 13.0 Å². The number of alkyl halides is 1. The number of benzene rings is 1. The molecule has 188 valence electrons. The summed E-state index contributed by atoms with van der Waals surface area (Å²) in [7, 11) is 0. The number of fused-ring (bicyclic) bond motifs is 2. The Morgan fingerprint density at radius 2 is 1.89 bits per heavy atom. The minimum Gasteiger partial charge on any atom is -0.356 e. The minimum absolute atomic E-state index is 0.231. The molecular weight excluding hydrogens is 481 g/mol. The molecule has 0 radical (unpaired) electrons. The van der Waals surface area contributed by atoms with Gasteiger partial charge in [-0.05, 0) is 43.5 Å². The molecule has 0 spiro atoms. The Balaban J connectivity index is 1.34. The van der Waals surface area contributed by atoms with Gasteiger partial charge in [0.2, 0.25) is 0 Å². The Kier molecular flexibility index (Phi) is 5.92. The third kappa shape index (κ3) is 4.64. The third-order valence-electron chi connectivity index (χ3n) is 6.52. The number of hydrogen-bond donors (Lipinski definition) is 2. The first-order chi connectivity index (χ1) is 18.4. The number of aromatic nitrogens is 6. The van der Waals surface area contributed by atoms with Crippen LogP contribution in [-0.4, -0.2) is 41.6 Å². The van der Waals surface area contributed by atoms with Crippen molar-refractivity contribution in [2.45, 2.75) is 39.0 Å². The van der Waals surface area contributed by atoms with Gasteiger partial charge in [0.1, 0.15) is 23.7 Å². The average molecular weight is 506 g/mol. The number of pyridine rings is 1. The van der Waals surface area contributed by atoms with E-state index < -0.39 is 12.2 Å². The molecule has 38 heavy (non-hydrogen) atoms. The number of H-pyrrole nitrogens is 1. The summed E-state index contributed by atoms with van der Waals surface area (Å²) in [5.74, 6) is 6.39. The maximum atomic E-state index is 14.2. The summed E-state index contributed by atoms with van der Waals surface area (Å²) in [5.41, 5.74) is 5.32. The summed E-state index contributed by atoms with van der Waals surface area (Å²) in [6.45, 7) is 3.89. The summed E-state index contributed by atoms with van der Waals surface area (Å²) in [6, 6.07) is 12.7. The second kappa shape index (κ2) is 9.56. The van der Waals surface area contributed by atoms with Crippen molar-refractivity contribution in [1.29, 1.82) is 0 Å². The van der Waals surface area contributed by atoms with E-state index in [0.29, 0.717) is 28.3 Å². The summed E-state index contributed by atoms with van der Waals surface area (Å²) in [5, 5.41) is 4.10. The van der Waals surface area contributed by atoms with Gasteiger partial charge in [-0.2, -0.15) is 0 Å². The molecule has 1 aromatic carbocycles. The van der Waals surface area contributed by atoms with Crippen molar-refractivity contribution >= 4 is 16.8 Å². The van der Waals surface area contributed by atoms with Crippen LogP contribution < -0.4 is 5.32 Å². The summed E-state index contributed by atoms with van der Waals surface area (Å²) < 4.78 is 16.0. The molecule has 0 bridgehead atoms. The van der Waals surface area contributed by atoms with E-state index in [0.717, 1.165) is 22.3 Å². The van der Waals surface area contributed by atoms with E-state index in [4.69, 9.17) is 0 Å². The predicted octanol–water partition coefficient (Wildman–Crippen LogP) is 3.98. The Labute approximate surface area is 218 Å². The zero-order chi connectivity index (χ0) is 26.2. The molecular formula is C29H24FN7O. The number of nitrogens with one attached hydrogen (secondary N) is 2. The first kappa shape index (κ1) is 23.6. The van der Waals surface area contributed by atoms with Crippen LogP contribution in [0, 0.1) is 25.7 Å². The van der Waals surface area contributed by atoms with Gasteiger partial charge in [-0.3, -0.25) is 4.79 Å². The summed E-state index contributed by atoms with van der Waals surface area (Å²) >= 11 is 0. The first-order valence-corrected chi connectivity index (χ1v) is 12.3. The number of hydrogen-bond acceptors (Lipinski definition) is 5. The Morgan fingerprint density at radius 1 is 1.11 bits per heavy atom. The van der Waals surface area contributed by atoms with Crippen molar-refractivity contribution in [1.82, 2.24) is 34.8 Å². The van der Waals surface area contributed by atoms with Crippen LogP contribution in [0.5, 0.6) is 0 Å². The minimum atomic E-state index is -0.968. The lowest BCUT2D eigenvalue weighted by atomic mass is 10.1. The van der Waals surface area contributed by atoms with Crippen LogP contribution >= 0.6 is 0 Å². The lowest BCUT2D eigenvalue weighted by Gasteiger charge is -2.17. The van der Waals surface area contributed by atoms with Gasteiger partial charge in [0.05, 0.1) is 24.1 Å². The molecule has 0 saturated heterocycles. The van der Waals surface area contributed by atoms with Gasteiger partial charge in [-0.25, -0.2) is 24.3 Å². The number of aromatic amines is 1. The highest BCUT2D eigenvalue weighted by Gasteiger charge is 2.31. The molecule has 9 heteroatoms. The molecule has 0 saturated carbocycles. The van der Waals surface area contributed by atoms with Crippen molar-refractivity contribution < 1.29 is 9.18 Å². The number of halogens is 1. The van der Waals surface area contributed by atoms with Gasteiger partial charge in [0, 0.05) is 47.0 Å². The number of nitrogens with zero attached hydrogens (tertiary/aromatic N) is 5. The van der Waals surface area contributed by atoms with Crippen molar-refractivity contribution in [2.24, 2.45) is 0 Å². The third-order valence-corrected chi connectivity index (χ3v) is 6.52. The monoisotopic (exact) mass is 505 g/mol. The number of carbonyl (C=O) groups is 1. The molecule has 5 aromatic rings. The number of para-hydroxylation sites is 1. The van der Waals surface area contributed by atoms with E-state index in [2.05, 4.69) is 42.1 Å². The fraction of sp³-hybridized carbons (Fsp3) is 0.207. The standard InChI is InChI=1S/C29H24FN7O/c1-17-9-19(7-8-20-13-31-18(2)32-14-20)10-25(34-17)29(38)36-27(24-11-21-5-3-4-6-23(21)35-24)28-26-12-22(30)15-37(26)16-33-28/h3-6,9-11,13-14,16,22,27,35H,12,15H2,1-2H3,(H,36,38)/t22-,27?/m1/s1. The number of rotatable bonds is 4. The van der Waals surface area contributed by atoms with Gasteiger partial charge in [0.25, 0.3) is 5.91 Å². The maximum absolute atomic E-state index is 14.2. The van der Waals surface area contributed by atoms with Gasteiger partial charge in [-0.15, -0.1) is 0 Å². The maximum Gasteiger partial charge on any atom is 0.270 e. The highest BCUT2D eigenvalue weighted by Crippen LogP contribution is 2.30. The summed E-state index contributed by atoms with van der Waals surface area (Å²) in [6.07, 6.45) is 4.25. The van der Waals surface area contributed by atoms with E-state index in [-0.39, 0.29) is 24.6 Å². The first-order valence-electron chi connectivity index (χ1n) is 12.3. The normalized spacial score (nSPS) is 15.1. The Morgan fingerprint density at radius 3 is 2.71 bits per heavy atom. The molecule has 8 nitrogen and oxygen atoms in total. The van der Waals surface area contributed by atoms with Gasteiger partial charge in [-0.1, -0.05) is 30.0 Å². The van der Waals surface area contributed by atoms with Gasteiger partial charge < -0.3 is 14.9 Å². The molecule has 6 rings (SSSR count). The average Bonchev–Trinajstić information content (AvgIpc) is 3.60. The number of aryl methyl sites for hydroxylation is 2. The number of amides is 1. The topological polar surface area (TPSA) is 101 Å². The second-order valence-corrected chi connectivity index (χ2v) is 9.40. The van der Waals surface area contributed by atoms with Crippen molar-refractivity contribution in [2.75, 3.05) is 0 Å². The van der Waals surface area contributed by atoms with Crippen LogP contribution in [0.15, 0.2) is 61.2 Å². The molecule has 1 amide bonds. The molecule has 1 unspecified atom stereocenters. The van der Waals surface area contributed by atoms with E-state index >= 15 is 0 Å². The quantitative estimate of drug-likeness (QED) is 0.360. The SMILES string of the molecule is Cc1cc(C#Cc2cnc(C)nc2)cc(C(=O)NC(c2cc3ccccc3[nH]2)c2ncn3c2C[C@@H](F)C3)n1. The Hall–Kier alpha value is -4.84. The number of carbonyl (C=O) groups excluding carboxylic acids is 1. The smallest absolute Gasteiger partial charge is 0.270 e. The molecule has 1 aliphatic rings. The van der Waals surface area contributed by atoms with E-state index in [9.17, 15) is 9.18 Å².